The summed E-state index contributed by atoms with van der Waals surface area (Å²) >= 11 is 0. The summed E-state index contributed by atoms with van der Waals surface area (Å²) in [5.74, 6) is -0.781. The van der Waals surface area contributed by atoms with Gasteiger partial charge in [0.25, 0.3) is 0 Å². The van der Waals surface area contributed by atoms with Crippen LogP contribution in [0.2, 0.25) is 0 Å². The largest absolute Gasteiger partial charge is 0.435 e. The van der Waals surface area contributed by atoms with Crippen molar-refractivity contribution < 1.29 is 19.1 Å². The highest BCUT2D eigenvalue weighted by atomic mass is 16.5. The van der Waals surface area contributed by atoms with E-state index in [0.29, 0.717) is 5.57 Å². The molecule has 0 N–H and O–H groups in total. The summed E-state index contributed by atoms with van der Waals surface area (Å²) in [6.07, 6.45) is 4.03. The highest BCUT2D eigenvalue weighted by Crippen LogP contribution is 1.96. The molecule has 0 aromatic rings. The molecule has 0 radical (unpaired) electrons. The van der Waals surface area contributed by atoms with E-state index < -0.39 is 5.97 Å². The molecule has 0 rings (SSSR count). The number of esters is 2. The Morgan fingerprint density at radius 3 is 2.00 bits per heavy atom. The van der Waals surface area contributed by atoms with Gasteiger partial charge in [-0.1, -0.05) is 0 Å². The summed E-state index contributed by atoms with van der Waals surface area (Å²) in [4.78, 5) is 20.7. The Kier molecular flexibility index (Phi) is 5.27. The first-order chi connectivity index (χ1) is 6.02. The van der Waals surface area contributed by atoms with Gasteiger partial charge in [0.2, 0.25) is 0 Å². The minimum Gasteiger partial charge on any atom is -0.435 e. The molecule has 4 nitrogen and oxygen atoms in total. The topological polar surface area (TPSA) is 52.6 Å². The average molecular weight is 184 g/mol. The van der Waals surface area contributed by atoms with Crippen LogP contribution in [0.3, 0.4) is 0 Å². The van der Waals surface area contributed by atoms with Gasteiger partial charge in [0.05, 0.1) is 12.5 Å². The van der Waals surface area contributed by atoms with Crippen molar-refractivity contribution in [1.82, 2.24) is 0 Å². The summed E-state index contributed by atoms with van der Waals surface area (Å²) < 4.78 is 9.09. The van der Waals surface area contributed by atoms with E-state index in [2.05, 4.69) is 9.47 Å². The second-order valence-electron chi connectivity index (χ2n) is 2.38. The molecule has 4 heteroatoms. The van der Waals surface area contributed by atoms with Gasteiger partial charge in [0.1, 0.15) is 0 Å². The quantitative estimate of drug-likeness (QED) is 0.379. The molecule has 0 aliphatic rings. The van der Waals surface area contributed by atoms with Crippen LogP contribution in [0.4, 0.5) is 0 Å². The Bertz CT molecular complexity index is 250. The van der Waals surface area contributed by atoms with Crippen molar-refractivity contribution in [3.8, 4) is 0 Å². The van der Waals surface area contributed by atoms with Gasteiger partial charge in [-0.15, -0.1) is 0 Å². The minimum atomic E-state index is -0.392. The number of allylic oxidation sites excluding steroid dienone is 2. The van der Waals surface area contributed by atoms with Crippen LogP contribution in [0.5, 0.6) is 0 Å². The fourth-order valence-corrected chi connectivity index (χ4v) is 0.452. The van der Waals surface area contributed by atoms with E-state index in [4.69, 9.17) is 0 Å². The number of ether oxygens (including phenoxy) is 2. The van der Waals surface area contributed by atoms with E-state index in [1.807, 2.05) is 0 Å². The SMILES string of the molecule is CC(=O)O/C=C/C(C)=C/OC(C)=O. The van der Waals surface area contributed by atoms with Crippen molar-refractivity contribution in [2.24, 2.45) is 0 Å². The Hall–Kier alpha value is -1.58. The molecule has 0 aliphatic heterocycles. The number of carbonyl (C=O) groups is 2. The molecule has 0 bridgehead atoms. The number of hydrogen-bond acceptors (Lipinski definition) is 4. The van der Waals surface area contributed by atoms with Gasteiger partial charge in [-0.2, -0.15) is 0 Å². The fourth-order valence-electron chi connectivity index (χ4n) is 0.452. The predicted octanol–water partition coefficient (Wildman–Crippen LogP) is 1.53. The van der Waals surface area contributed by atoms with Crippen LogP contribution in [0, 0.1) is 0 Å². The zero-order valence-electron chi connectivity index (χ0n) is 7.87. The molecular formula is C9H12O4. The zero-order valence-corrected chi connectivity index (χ0v) is 7.87. The smallest absolute Gasteiger partial charge is 0.307 e. The number of hydrogen-bond donors (Lipinski definition) is 0. The van der Waals surface area contributed by atoms with E-state index in [0.717, 1.165) is 0 Å². The van der Waals surface area contributed by atoms with Gasteiger partial charge in [0.15, 0.2) is 0 Å². The molecule has 0 aliphatic carbocycles. The first-order valence-electron chi connectivity index (χ1n) is 3.70. The molecule has 0 heterocycles. The van der Waals surface area contributed by atoms with E-state index in [-0.39, 0.29) is 5.97 Å². The zero-order chi connectivity index (χ0) is 10.3. The first kappa shape index (κ1) is 11.4. The standard InChI is InChI=1S/C9H12O4/c1-7(6-13-9(3)11)4-5-12-8(2)10/h4-6H,1-3H3/b5-4+,7-6+. The second-order valence-corrected chi connectivity index (χ2v) is 2.38. The van der Waals surface area contributed by atoms with E-state index >= 15 is 0 Å². The van der Waals surface area contributed by atoms with Crippen LogP contribution in [-0.4, -0.2) is 11.9 Å². The lowest BCUT2D eigenvalue weighted by molar-refractivity contribution is -0.136. The van der Waals surface area contributed by atoms with Gasteiger partial charge in [-0.05, 0) is 18.6 Å². The van der Waals surface area contributed by atoms with Crippen LogP contribution < -0.4 is 0 Å². The highest BCUT2D eigenvalue weighted by Gasteiger charge is 1.89. The van der Waals surface area contributed by atoms with E-state index in [9.17, 15) is 9.59 Å². The monoisotopic (exact) mass is 184 g/mol. The van der Waals surface area contributed by atoms with E-state index in [1.165, 1.54) is 32.4 Å². The molecule has 0 spiro atoms. The summed E-state index contributed by atoms with van der Waals surface area (Å²) in [7, 11) is 0. The van der Waals surface area contributed by atoms with Crippen LogP contribution in [-0.2, 0) is 19.1 Å². The molecule has 0 aromatic carbocycles. The maximum absolute atomic E-state index is 10.4. The van der Waals surface area contributed by atoms with Gasteiger partial charge in [0, 0.05) is 13.8 Å². The third-order valence-electron chi connectivity index (χ3n) is 0.976. The van der Waals surface area contributed by atoms with Crippen molar-refractivity contribution >= 4 is 11.9 Å². The Labute approximate surface area is 76.8 Å². The molecule has 0 saturated carbocycles. The first-order valence-corrected chi connectivity index (χ1v) is 3.70. The molecule has 0 amide bonds. The van der Waals surface area contributed by atoms with Crippen LogP contribution in [0.25, 0.3) is 0 Å². The van der Waals surface area contributed by atoms with Crippen LogP contribution in [0.1, 0.15) is 20.8 Å². The lowest BCUT2D eigenvalue weighted by Gasteiger charge is -1.94. The summed E-state index contributed by atoms with van der Waals surface area (Å²) in [5, 5.41) is 0. The lowest BCUT2D eigenvalue weighted by Crippen LogP contribution is -1.91. The van der Waals surface area contributed by atoms with Gasteiger partial charge in [-0.25, -0.2) is 0 Å². The molecule has 72 valence electrons. The van der Waals surface area contributed by atoms with Crippen molar-refractivity contribution in [3.63, 3.8) is 0 Å². The molecule has 0 fully saturated rings. The van der Waals surface area contributed by atoms with Crippen LogP contribution >= 0.6 is 0 Å². The molecule has 0 aromatic heterocycles. The fraction of sp³-hybridized carbons (Fsp3) is 0.333. The summed E-state index contributed by atoms with van der Waals surface area (Å²) in [6, 6.07) is 0. The third kappa shape index (κ3) is 8.33. The molecule has 0 saturated heterocycles. The Morgan fingerprint density at radius 1 is 1.00 bits per heavy atom. The molecule has 0 atom stereocenters. The van der Waals surface area contributed by atoms with Crippen molar-refractivity contribution in [1.29, 1.82) is 0 Å². The average Bonchev–Trinajstić information content (AvgIpc) is 2.00. The normalized spacial score (nSPS) is 11.5. The molecular weight excluding hydrogens is 172 g/mol. The minimum absolute atomic E-state index is 0.389. The summed E-state index contributed by atoms with van der Waals surface area (Å²) in [6.45, 7) is 4.32. The predicted molar refractivity (Wildman–Crippen MR) is 46.4 cm³/mol. The summed E-state index contributed by atoms with van der Waals surface area (Å²) in [5.41, 5.74) is 0.677. The third-order valence-corrected chi connectivity index (χ3v) is 0.976. The van der Waals surface area contributed by atoms with Crippen LogP contribution in [0.15, 0.2) is 24.2 Å². The Balaban J connectivity index is 3.91. The van der Waals surface area contributed by atoms with Gasteiger partial charge >= 0.3 is 11.9 Å². The van der Waals surface area contributed by atoms with Gasteiger partial charge < -0.3 is 9.47 Å². The van der Waals surface area contributed by atoms with Crippen molar-refractivity contribution in [3.05, 3.63) is 24.2 Å². The Morgan fingerprint density at radius 2 is 1.54 bits per heavy atom. The van der Waals surface area contributed by atoms with Crippen molar-refractivity contribution in [2.75, 3.05) is 0 Å². The molecule has 13 heavy (non-hydrogen) atoms. The van der Waals surface area contributed by atoms with Gasteiger partial charge in [-0.3, -0.25) is 9.59 Å². The maximum Gasteiger partial charge on any atom is 0.307 e. The number of rotatable bonds is 3. The molecule has 0 unspecified atom stereocenters. The lowest BCUT2D eigenvalue weighted by atomic mass is 10.3. The van der Waals surface area contributed by atoms with Crippen molar-refractivity contribution in [2.45, 2.75) is 20.8 Å². The number of carbonyl (C=O) groups excluding carboxylic acids is 2. The maximum atomic E-state index is 10.4. The second kappa shape index (κ2) is 5.99. The highest BCUT2D eigenvalue weighted by molar-refractivity contribution is 5.67. The van der Waals surface area contributed by atoms with E-state index in [1.54, 1.807) is 6.92 Å².